The Morgan fingerprint density at radius 3 is 2.17 bits per heavy atom. The van der Waals surface area contributed by atoms with Crippen molar-refractivity contribution in [3.63, 3.8) is 0 Å². The summed E-state index contributed by atoms with van der Waals surface area (Å²) in [5.74, 6) is -0.275. The number of imide groups is 1. The molecule has 1 heterocycles. The van der Waals surface area contributed by atoms with Gasteiger partial charge in [-0.25, -0.2) is 0 Å². The number of thioether (sulfide) groups is 1. The van der Waals surface area contributed by atoms with E-state index in [-0.39, 0.29) is 21.2 Å². The summed E-state index contributed by atoms with van der Waals surface area (Å²) in [6, 6.07) is 8.66. The number of nitrogens with one attached hydrogen (secondary N) is 1. The fraction of sp³-hybridized carbons (Fsp3) is 0.286. The molecule has 0 aromatic heterocycles. The maximum absolute atomic E-state index is 13.0. The molecule has 9 heteroatoms. The second kappa shape index (κ2) is 9.73. The quantitative estimate of drug-likeness (QED) is 0.568. The summed E-state index contributed by atoms with van der Waals surface area (Å²) in [5.41, 5.74) is 0.843. The van der Waals surface area contributed by atoms with Crippen LogP contribution in [-0.4, -0.2) is 47.3 Å². The molecule has 3 amide bonds. The molecule has 1 atom stereocenters. The Labute approximate surface area is 188 Å². The first kappa shape index (κ1) is 22.5. The van der Waals surface area contributed by atoms with Crippen molar-refractivity contribution in [3.8, 4) is 5.75 Å². The molecule has 0 saturated heterocycles. The van der Waals surface area contributed by atoms with Gasteiger partial charge in [0.25, 0.3) is 11.8 Å². The zero-order valence-electron chi connectivity index (χ0n) is 16.4. The number of carbonyl (C=O) groups excluding carboxylic acids is 3. The molecule has 0 spiro atoms. The van der Waals surface area contributed by atoms with Gasteiger partial charge in [0, 0.05) is 5.69 Å². The molecule has 0 saturated carbocycles. The van der Waals surface area contributed by atoms with Crippen molar-refractivity contribution in [3.05, 3.63) is 57.6 Å². The third kappa shape index (κ3) is 4.58. The van der Waals surface area contributed by atoms with Crippen molar-refractivity contribution in [2.45, 2.75) is 19.4 Å². The summed E-state index contributed by atoms with van der Waals surface area (Å²) in [6.07, 6.45) is 2.21. The highest BCUT2D eigenvalue weighted by Gasteiger charge is 2.43. The van der Waals surface area contributed by atoms with Crippen molar-refractivity contribution in [1.82, 2.24) is 4.90 Å². The maximum atomic E-state index is 13.0. The predicted octanol–water partition coefficient (Wildman–Crippen LogP) is 4.75. The number of ether oxygens (including phenoxy) is 1. The summed E-state index contributed by atoms with van der Waals surface area (Å²) in [5, 5.41) is 3.14. The first-order chi connectivity index (χ1) is 14.4. The van der Waals surface area contributed by atoms with Crippen molar-refractivity contribution in [2.75, 3.05) is 23.9 Å². The second-order valence-corrected chi connectivity index (χ2v) is 8.34. The van der Waals surface area contributed by atoms with Crippen LogP contribution in [0.25, 0.3) is 0 Å². The molecule has 2 aromatic carbocycles. The zero-order valence-corrected chi connectivity index (χ0v) is 18.7. The van der Waals surface area contributed by atoms with Gasteiger partial charge in [0.1, 0.15) is 11.8 Å². The fourth-order valence-corrected chi connectivity index (χ4v) is 3.96. The van der Waals surface area contributed by atoms with Crippen LogP contribution in [0, 0.1) is 0 Å². The Kier molecular flexibility index (Phi) is 7.28. The molecule has 1 aliphatic heterocycles. The molecule has 0 bridgehead atoms. The molecule has 0 radical (unpaired) electrons. The average molecular weight is 467 g/mol. The van der Waals surface area contributed by atoms with Gasteiger partial charge in [-0.05, 0) is 61.8 Å². The Hall–Kier alpha value is -2.22. The third-order valence-electron chi connectivity index (χ3n) is 4.60. The zero-order chi connectivity index (χ0) is 21.8. The minimum atomic E-state index is -0.964. The van der Waals surface area contributed by atoms with E-state index in [1.165, 1.54) is 23.9 Å². The Bertz CT molecular complexity index is 941. The largest absolute Gasteiger partial charge is 0.494 e. The number of amides is 3. The van der Waals surface area contributed by atoms with E-state index in [9.17, 15) is 14.4 Å². The van der Waals surface area contributed by atoms with E-state index in [0.29, 0.717) is 30.2 Å². The van der Waals surface area contributed by atoms with Gasteiger partial charge in [0.15, 0.2) is 0 Å². The average Bonchev–Trinajstić information content (AvgIpc) is 2.95. The summed E-state index contributed by atoms with van der Waals surface area (Å²) in [4.78, 5) is 39.9. The number of rotatable bonds is 8. The van der Waals surface area contributed by atoms with Crippen molar-refractivity contribution in [1.29, 1.82) is 0 Å². The van der Waals surface area contributed by atoms with Gasteiger partial charge >= 0.3 is 0 Å². The highest BCUT2D eigenvalue weighted by atomic mass is 35.5. The lowest BCUT2D eigenvalue weighted by molar-refractivity contribution is -0.120. The van der Waals surface area contributed by atoms with Gasteiger partial charge < -0.3 is 10.1 Å². The van der Waals surface area contributed by atoms with Gasteiger partial charge in [0.05, 0.1) is 27.8 Å². The number of fused-ring (bicyclic) bond motifs is 1. The molecule has 30 heavy (non-hydrogen) atoms. The Morgan fingerprint density at radius 2 is 1.67 bits per heavy atom. The minimum Gasteiger partial charge on any atom is -0.494 e. The van der Waals surface area contributed by atoms with Crippen LogP contribution in [0.3, 0.4) is 0 Å². The summed E-state index contributed by atoms with van der Waals surface area (Å²) in [7, 11) is 0. The molecular formula is C21H20Cl2N2O4S. The van der Waals surface area contributed by atoms with Crippen LogP contribution in [0.1, 0.15) is 34.1 Å². The van der Waals surface area contributed by atoms with Gasteiger partial charge in [-0.15, -0.1) is 0 Å². The smallest absolute Gasteiger partial charge is 0.262 e. The second-order valence-electron chi connectivity index (χ2n) is 6.54. The normalized spacial score (nSPS) is 13.9. The van der Waals surface area contributed by atoms with E-state index in [1.54, 1.807) is 24.3 Å². The number of hydrogen-bond donors (Lipinski definition) is 1. The van der Waals surface area contributed by atoms with Crippen LogP contribution in [-0.2, 0) is 4.79 Å². The van der Waals surface area contributed by atoms with Crippen LogP contribution < -0.4 is 10.1 Å². The Balaban J connectivity index is 1.85. The van der Waals surface area contributed by atoms with Crippen LogP contribution in [0.5, 0.6) is 5.75 Å². The van der Waals surface area contributed by atoms with Crippen LogP contribution in [0.2, 0.25) is 10.0 Å². The van der Waals surface area contributed by atoms with E-state index in [4.69, 9.17) is 27.9 Å². The third-order valence-corrected chi connectivity index (χ3v) is 5.97. The SMILES string of the molecule is CCOc1ccc(NC(=O)[C@H](CCSC)N2C(=O)c3cc(Cl)c(Cl)cc3C2=O)cc1. The number of carbonyl (C=O) groups is 3. The first-order valence-corrected chi connectivity index (χ1v) is 11.4. The highest BCUT2D eigenvalue weighted by molar-refractivity contribution is 7.98. The molecule has 158 valence electrons. The molecule has 1 aliphatic rings. The number of halogens is 2. The van der Waals surface area contributed by atoms with E-state index in [1.807, 2.05) is 13.2 Å². The molecule has 3 rings (SSSR count). The first-order valence-electron chi connectivity index (χ1n) is 9.27. The van der Waals surface area contributed by atoms with Crippen molar-refractivity contribution >= 4 is 58.4 Å². The maximum Gasteiger partial charge on any atom is 0.262 e. The summed E-state index contributed by atoms with van der Waals surface area (Å²) >= 11 is 13.6. The number of anilines is 1. The van der Waals surface area contributed by atoms with E-state index in [2.05, 4.69) is 5.32 Å². The lowest BCUT2D eigenvalue weighted by atomic mass is 10.1. The molecule has 0 unspecified atom stereocenters. The fourth-order valence-electron chi connectivity index (χ4n) is 3.17. The summed E-state index contributed by atoms with van der Waals surface area (Å²) < 4.78 is 5.40. The van der Waals surface area contributed by atoms with Crippen LogP contribution in [0.4, 0.5) is 5.69 Å². The minimum absolute atomic E-state index is 0.150. The van der Waals surface area contributed by atoms with Crippen molar-refractivity contribution in [2.24, 2.45) is 0 Å². The molecule has 0 aliphatic carbocycles. The van der Waals surface area contributed by atoms with Crippen LogP contribution >= 0.6 is 35.0 Å². The number of hydrogen-bond acceptors (Lipinski definition) is 5. The molecular weight excluding hydrogens is 447 g/mol. The molecule has 2 aromatic rings. The van der Waals surface area contributed by atoms with Crippen molar-refractivity contribution < 1.29 is 19.1 Å². The molecule has 6 nitrogen and oxygen atoms in total. The van der Waals surface area contributed by atoms with Gasteiger partial charge in [-0.3, -0.25) is 19.3 Å². The van der Waals surface area contributed by atoms with Gasteiger partial charge in [-0.2, -0.15) is 11.8 Å². The van der Waals surface area contributed by atoms with E-state index >= 15 is 0 Å². The highest BCUT2D eigenvalue weighted by Crippen LogP contribution is 2.33. The van der Waals surface area contributed by atoms with Gasteiger partial charge in [-0.1, -0.05) is 23.2 Å². The lowest BCUT2D eigenvalue weighted by Crippen LogP contribution is -2.47. The van der Waals surface area contributed by atoms with Crippen LogP contribution in [0.15, 0.2) is 36.4 Å². The lowest BCUT2D eigenvalue weighted by Gasteiger charge is -2.25. The van der Waals surface area contributed by atoms with E-state index in [0.717, 1.165) is 4.90 Å². The molecule has 0 fully saturated rings. The monoisotopic (exact) mass is 466 g/mol. The predicted molar refractivity (Wildman–Crippen MR) is 120 cm³/mol. The summed E-state index contributed by atoms with van der Waals surface area (Å²) in [6.45, 7) is 2.42. The topological polar surface area (TPSA) is 75.7 Å². The molecule has 1 N–H and O–H groups in total. The number of nitrogens with zero attached hydrogens (tertiary/aromatic N) is 1. The van der Waals surface area contributed by atoms with Gasteiger partial charge in [0.2, 0.25) is 5.91 Å². The standard InChI is InChI=1S/C21H20Cl2N2O4S/c1-3-29-13-6-4-12(5-7-13)24-19(26)18(8-9-30-2)25-20(27)14-10-16(22)17(23)11-15(14)21(25)28/h4-7,10-11,18H,3,8-9H2,1-2H3,(H,24,26)/t18-/m0/s1. The van der Waals surface area contributed by atoms with E-state index < -0.39 is 23.8 Å². The number of benzene rings is 2. The Morgan fingerprint density at radius 1 is 1.10 bits per heavy atom.